The quantitative estimate of drug-likeness (QED) is 0.900. The summed E-state index contributed by atoms with van der Waals surface area (Å²) < 4.78 is 18.3. The third kappa shape index (κ3) is 3.93. The monoisotopic (exact) mass is 281 g/mol. The molecule has 5 heteroatoms. The second kappa shape index (κ2) is 6.70. The fraction of sp³-hybridized carbons (Fsp3) is 0.533. The summed E-state index contributed by atoms with van der Waals surface area (Å²) in [4.78, 5) is 13.2. The lowest BCUT2D eigenvalue weighted by molar-refractivity contribution is -0.144. The zero-order chi connectivity index (χ0) is 14.5. The number of carboxylic acids is 1. The van der Waals surface area contributed by atoms with Crippen molar-refractivity contribution in [2.24, 2.45) is 5.92 Å². The number of hydrogen-bond acceptors (Lipinski definition) is 3. The van der Waals surface area contributed by atoms with Crippen LogP contribution >= 0.6 is 0 Å². The Balaban J connectivity index is 1.74. The smallest absolute Gasteiger partial charge is 0.306 e. The van der Waals surface area contributed by atoms with E-state index in [2.05, 4.69) is 4.90 Å². The first-order valence-corrected chi connectivity index (χ1v) is 6.91. The van der Waals surface area contributed by atoms with E-state index >= 15 is 0 Å². The molecule has 1 aliphatic heterocycles. The van der Waals surface area contributed by atoms with Gasteiger partial charge in [-0.2, -0.15) is 0 Å². The first-order valence-electron chi connectivity index (χ1n) is 6.91. The lowest BCUT2D eigenvalue weighted by Gasteiger charge is -2.36. The molecule has 2 atom stereocenters. The molecule has 2 rings (SSSR count). The maximum absolute atomic E-state index is 12.7. The van der Waals surface area contributed by atoms with Crippen LogP contribution in [0.15, 0.2) is 24.3 Å². The average molecular weight is 281 g/mol. The summed E-state index contributed by atoms with van der Waals surface area (Å²) >= 11 is 0. The largest absolute Gasteiger partial charge is 0.492 e. The summed E-state index contributed by atoms with van der Waals surface area (Å²) in [7, 11) is 0. The molecule has 1 fully saturated rings. The van der Waals surface area contributed by atoms with E-state index in [1.807, 2.05) is 6.92 Å². The molecule has 0 saturated carbocycles. The van der Waals surface area contributed by atoms with E-state index in [0.717, 1.165) is 13.1 Å². The number of aliphatic carboxylic acids is 1. The maximum atomic E-state index is 12.7. The van der Waals surface area contributed by atoms with E-state index < -0.39 is 5.97 Å². The van der Waals surface area contributed by atoms with Gasteiger partial charge in [-0.1, -0.05) is 0 Å². The number of benzene rings is 1. The third-order valence-electron chi connectivity index (χ3n) is 3.82. The van der Waals surface area contributed by atoms with Crippen molar-refractivity contribution >= 4 is 5.97 Å². The second-order valence-electron chi connectivity index (χ2n) is 5.25. The van der Waals surface area contributed by atoms with Crippen LogP contribution < -0.4 is 4.74 Å². The lowest BCUT2D eigenvalue weighted by atomic mass is 9.92. The van der Waals surface area contributed by atoms with Gasteiger partial charge >= 0.3 is 5.97 Å². The summed E-state index contributed by atoms with van der Waals surface area (Å²) in [5.74, 6) is -0.542. The van der Waals surface area contributed by atoms with E-state index in [1.165, 1.54) is 12.1 Å². The molecule has 0 radical (unpaired) electrons. The van der Waals surface area contributed by atoms with Gasteiger partial charge in [-0.25, -0.2) is 4.39 Å². The normalized spacial score (nSPS) is 23.5. The van der Waals surface area contributed by atoms with Crippen molar-refractivity contribution in [2.45, 2.75) is 25.8 Å². The van der Waals surface area contributed by atoms with Crippen molar-refractivity contribution in [2.75, 3.05) is 19.7 Å². The molecule has 0 aromatic heterocycles. The number of rotatable bonds is 5. The van der Waals surface area contributed by atoms with E-state index in [-0.39, 0.29) is 17.8 Å². The molecule has 110 valence electrons. The molecule has 0 amide bonds. The van der Waals surface area contributed by atoms with Crippen LogP contribution in [0.4, 0.5) is 4.39 Å². The summed E-state index contributed by atoms with van der Waals surface area (Å²) in [5, 5.41) is 9.02. The molecular formula is C15H20FNO3. The van der Waals surface area contributed by atoms with Gasteiger partial charge in [-0.15, -0.1) is 0 Å². The average Bonchev–Trinajstić information content (AvgIpc) is 2.42. The number of halogens is 1. The van der Waals surface area contributed by atoms with Gasteiger partial charge in [0.25, 0.3) is 0 Å². The SMILES string of the molecule is CC1CC(C(=O)O)CCN1CCOc1ccc(F)cc1. The zero-order valence-electron chi connectivity index (χ0n) is 11.6. The standard InChI is InChI=1S/C15H20FNO3/c1-11-10-12(15(18)19)6-7-17(11)8-9-20-14-4-2-13(16)3-5-14/h2-5,11-12H,6-10H2,1H3,(H,18,19). The highest BCUT2D eigenvalue weighted by Gasteiger charge is 2.29. The predicted molar refractivity (Wildman–Crippen MR) is 73.3 cm³/mol. The molecule has 1 aromatic carbocycles. The predicted octanol–water partition coefficient (Wildman–Crippen LogP) is 2.39. The van der Waals surface area contributed by atoms with Gasteiger partial charge in [0.2, 0.25) is 0 Å². The number of carboxylic acid groups (broad SMARTS) is 1. The Morgan fingerprint density at radius 2 is 2.15 bits per heavy atom. The molecule has 0 aliphatic carbocycles. The van der Waals surface area contributed by atoms with Crippen LogP contribution in [-0.2, 0) is 4.79 Å². The molecule has 0 bridgehead atoms. The fourth-order valence-corrected chi connectivity index (χ4v) is 2.59. The minimum absolute atomic E-state index is 0.223. The summed E-state index contributed by atoms with van der Waals surface area (Å²) in [6.07, 6.45) is 1.38. The van der Waals surface area contributed by atoms with E-state index in [0.29, 0.717) is 25.2 Å². The van der Waals surface area contributed by atoms with Gasteiger partial charge in [-0.05, 0) is 50.6 Å². The fourth-order valence-electron chi connectivity index (χ4n) is 2.59. The van der Waals surface area contributed by atoms with Crippen LogP contribution in [0.25, 0.3) is 0 Å². The second-order valence-corrected chi connectivity index (χ2v) is 5.25. The summed E-state index contributed by atoms with van der Waals surface area (Å²) in [5.41, 5.74) is 0. The third-order valence-corrected chi connectivity index (χ3v) is 3.82. The van der Waals surface area contributed by atoms with Gasteiger partial charge in [-0.3, -0.25) is 9.69 Å². The molecule has 20 heavy (non-hydrogen) atoms. The Morgan fingerprint density at radius 1 is 1.45 bits per heavy atom. The molecule has 1 aromatic rings. The van der Waals surface area contributed by atoms with Crippen molar-refractivity contribution in [3.05, 3.63) is 30.1 Å². The summed E-state index contributed by atoms with van der Waals surface area (Å²) in [6, 6.07) is 6.21. The molecule has 1 saturated heterocycles. The van der Waals surface area contributed by atoms with E-state index in [9.17, 15) is 9.18 Å². The van der Waals surface area contributed by atoms with Crippen LogP contribution in [0.5, 0.6) is 5.75 Å². The Bertz CT molecular complexity index is 449. The topological polar surface area (TPSA) is 49.8 Å². The minimum atomic E-state index is -0.695. The molecule has 1 N–H and O–H groups in total. The van der Waals surface area contributed by atoms with Crippen molar-refractivity contribution < 1.29 is 19.0 Å². The van der Waals surface area contributed by atoms with Crippen molar-refractivity contribution in [3.63, 3.8) is 0 Å². The Morgan fingerprint density at radius 3 is 2.75 bits per heavy atom. The highest BCUT2D eigenvalue weighted by atomic mass is 19.1. The van der Waals surface area contributed by atoms with Gasteiger partial charge in [0.1, 0.15) is 18.2 Å². The Labute approximate surface area is 118 Å². The number of nitrogens with zero attached hydrogens (tertiary/aromatic N) is 1. The Hall–Kier alpha value is -1.62. The van der Waals surface area contributed by atoms with Gasteiger partial charge in [0.05, 0.1) is 5.92 Å². The van der Waals surface area contributed by atoms with Gasteiger partial charge < -0.3 is 9.84 Å². The van der Waals surface area contributed by atoms with Gasteiger partial charge in [0.15, 0.2) is 0 Å². The van der Waals surface area contributed by atoms with Crippen LogP contribution in [0, 0.1) is 11.7 Å². The Kier molecular flexibility index (Phi) is 4.95. The minimum Gasteiger partial charge on any atom is -0.492 e. The number of hydrogen-bond donors (Lipinski definition) is 1. The van der Waals surface area contributed by atoms with Crippen LogP contribution in [-0.4, -0.2) is 41.7 Å². The highest BCUT2D eigenvalue weighted by molar-refractivity contribution is 5.70. The molecule has 1 heterocycles. The van der Waals surface area contributed by atoms with Crippen molar-refractivity contribution in [1.29, 1.82) is 0 Å². The van der Waals surface area contributed by atoms with Crippen molar-refractivity contribution in [1.82, 2.24) is 4.90 Å². The van der Waals surface area contributed by atoms with Crippen molar-refractivity contribution in [3.8, 4) is 5.75 Å². The van der Waals surface area contributed by atoms with Crippen LogP contribution in [0.3, 0.4) is 0 Å². The van der Waals surface area contributed by atoms with Gasteiger partial charge in [0, 0.05) is 12.6 Å². The number of piperidine rings is 1. The molecule has 1 aliphatic rings. The molecule has 4 nitrogen and oxygen atoms in total. The highest BCUT2D eigenvalue weighted by Crippen LogP contribution is 2.22. The first kappa shape index (κ1) is 14.8. The first-order chi connectivity index (χ1) is 9.56. The maximum Gasteiger partial charge on any atom is 0.306 e. The van der Waals surface area contributed by atoms with Crippen LogP contribution in [0.1, 0.15) is 19.8 Å². The summed E-state index contributed by atoms with van der Waals surface area (Å²) in [6.45, 7) is 4.11. The number of carbonyl (C=O) groups is 1. The molecule has 2 unspecified atom stereocenters. The molecule has 0 spiro atoms. The zero-order valence-corrected chi connectivity index (χ0v) is 11.6. The lowest BCUT2D eigenvalue weighted by Crippen LogP contribution is -2.44. The molecular weight excluding hydrogens is 261 g/mol. The van der Waals surface area contributed by atoms with Crippen LogP contribution in [0.2, 0.25) is 0 Å². The van der Waals surface area contributed by atoms with E-state index in [1.54, 1.807) is 12.1 Å². The number of ether oxygens (including phenoxy) is 1. The van der Waals surface area contributed by atoms with E-state index in [4.69, 9.17) is 9.84 Å². The number of likely N-dealkylation sites (tertiary alicyclic amines) is 1.